The van der Waals surface area contributed by atoms with E-state index in [-0.39, 0.29) is 23.3 Å². The molecule has 1 unspecified atom stereocenters. The summed E-state index contributed by atoms with van der Waals surface area (Å²) in [7, 11) is 2.15. The van der Waals surface area contributed by atoms with Gasteiger partial charge in [0.05, 0.1) is 18.4 Å². The molecular formula is C23H29FN4O. The van der Waals surface area contributed by atoms with Gasteiger partial charge in [-0.15, -0.1) is 0 Å². The third-order valence-corrected chi connectivity index (χ3v) is 6.29. The van der Waals surface area contributed by atoms with Crippen molar-refractivity contribution in [2.24, 2.45) is 5.41 Å². The van der Waals surface area contributed by atoms with Crippen molar-refractivity contribution in [2.45, 2.75) is 45.3 Å². The number of pyridine rings is 1. The number of aryl methyl sites for hydroxylation is 1. The molecule has 5 nitrogen and oxygen atoms in total. The molecule has 1 saturated heterocycles. The van der Waals surface area contributed by atoms with Crippen LogP contribution in [-0.2, 0) is 13.1 Å². The molecule has 4 rings (SSSR count). The van der Waals surface area contributed by atoms with Crippen LogP contribution in [0, 0.1) is 18.2 Å². The van der Waals surface area contributed by atoms with E-state index < -0.39 is 0 Å². The lowest BCUT2D eigenvalue weighted by molar-refractivity contribution is 0.0669. The molecule has 6 heteroatoms. The molecule has 1 spiro atoms. The lowest BCUT2D eigenvalue weighted by Crippen LogP contribution is -2.55. The molecular weight excluding hydrogens is 367 g/mol. The second-order valence-corrected chi connectivity index (χ2v) is 8.64. The van der Waals surface area contributed by atoms with Gasteiger partial charge in [0.2, 0.25) is 0 Å². The predicted octanol–water partition coefficient (Wildman–Crippen LogP) is 3.73. The summed E-state index contributed by atoms with van der Waals surface area (Å²) in [5.41, 5.74) is 3.18. The van der Waals surface area contributed by atoms with Gasteiger partial charge >= 0.3 is 6.03 Å². The average Bonchev–Trinajstić information content (AvgIpc) is 3.47. The standard InChI is InChI=1S/C23H29FN4O/c1-17-3-5-18(6-4-17)13-26-22(29)28(15-20-8-7-19(24)14-25-20)21-9-12-27(2)16-23(21)10-11-23/h3-8,14,21H,9-13,15-16H2,1-2H3,(H,26,29). The van der Waals surface area contributed by atoms with E-state index in [0.29, 0.717) is 18.8 Å². The summed E-state index contributed by atoms with van der Waals surface area (Å²) in [4.78, 5) is 21.8. The number of urea groups is 1. The summed E-state index contributed by atoms with van der Waals surface area (Å²) in [5, 5.41) is 3.10. The zero-order valence-electron chi connectivity index (χ0n) is 17.2. The second-order valence-electron chi connectivity index (χ2n) is 8.64. The van der Waals surface area contributed by atoms with E-state index in [9.17, 15) is 9.18 Å². The Labute approximate surface area is 171 Å². The maximum absolute atomic E-state index is 13.3. The number of rotatable bonds is 5. The van der Waals surface area contributed by atoms with Gasteiger partial charge in [-0.2, -0.15) is 0 Å². The first-order valence-corrected chi connectivity index (χ1v) is 10.3. The Hall–Kier alpha value is -2.47. The van der Waals surface area contributed by atoms with Crippen LogP contribution in [0.2, 0.25) is 0 Å². The minimum absolute atomic E-state index is 0.0717. The number of aromatic nitrogens is 1. The normalized spacial score (nSPS) is 20.4. The maximum atomic E-state index is 13.3. The van der Waals surface area contributed by atoms with Gasteiger partial charge in [0.15, 0.2) is 0 Å². The minimum atomic E-state index is -0.359. The van der Waals surface area contributed by atoms with Gasteiger partial charge in [-0.1, -0.05) is 29.8 Å². The van der Waals surface area contributed by atoms with Crippen molar-refractivity contribution in [3.8, 4) is 0 Å². The predicted molar refractivity (Wildman–Crippen MR) is 111 cm³/mol. The van der Waals surface area contributed by atoms with Gasteiger partial charge in [0.1, 0.15) is 5.82 Å². The first-order chi connectivity index (χ1) is 13.9. The first kappa shape index (κ1) is 19.8. The van der Waals surface area contributed by atoms with Crippen LogP contribution in [0.5, 0.6) is 0 Å². The summed E-state index contributed by atoms with van der Waals surface area (Å²) in [6.07, 6.45) is 4.48. The van der Waals surface area contributed by atoms with Crippen molar-refractivity contribution < 1.29 is 9.18 Å². The number of amides is 2. The molecule has 2 heterocycles. The number of halogens is 1. The van der Waals surface area contributed by atoms with Crippen molar-refractivity contribution in [1.29, 1.82) is 0 Å². The lowest BCUT2D eigenvalue weighted by Gasteiger charge is -2.43. The molecule has 1 atom stereocenters. The fourth-order valence-electron chi connectivity index (χ4n) is 4.49. The number of nitrogens with zero attached hydrogens (tertiary/aromatic N) is 3. The van der Waals surface area contributed by atoms with E-state index in [4.69, 9.17) is 0 Å². The molecule has 29 heavy (non-hydrogen) atoms. The number of likely N-dealkylation sites (tertiary alicyclic amines) is 1. The van der Waals surface area contributed by atoms with E-state index in [2.05, 4.69) is 41.3 Å². The molecule has 2 aromatic rings. The Kier molecular flexibility index (Phi) is 5.54. The summed E-state index contributed by atoms with van der Waals surface area (Å²) in [6.45, 7) is 4.94. The van der Waals surface area contributed by atoms with Crippen LogP contribution in [0.1, 0.15) is 36.1 Å². The van der Waals surface area contributed by atoms with Crippen LogP contribution in [-0.4, -0.2) is 47.0 Å². The molecule has 1 aromatic heterocycles. The Morgan fingerprint density at radius 2 is 2.03 bits per heavy atom. The summed E-state index contributed by atoms with van der Waals surface area (Å²) in [5.74, 6) is -0.359. The molecule has 1 aliphatic carbocycles. The molecule has 1 aromatic carbocycles. The van der Waals surface area contributed by atoms with E-state index in [0.717, 1.165) is 37.9 Å². The number of carbonyl (C=O) groups is 1. The highest BCUT2D eigenvalue weighted by Crippen LogP contribution is 2.54. The molecule has 0 radical (unpaired) electrons. The average molecular weight is 397 g/mol. The van der Waals surface area contributed by atoms with E-state index in [1.165, 1.54) is 17.8 Å². The van der Waals surface area contributed by atoms with E-state index >= 15 is 0 Å². The van der Waals surface area contributed by atoms with Gasteiger partial charge in [-0.25, -0.2) is 9.18 Å². The maximum Gasteiger partial charge on any atom is 0.318 e. The molecule has 1 N–H and O–H groups in total. The molecule has 2 fully saturated rings. The van der Waals surface area contributed by atoms with Gasteiger partial charge in [-0.05, 0) is 57.5 Å². The third-order valence-electron chi connectivity index (χ3n) is 6.29. The van der Waals surface area contributed by atoms with Crippen LogP contribution < -0.4 is 5.32 Å². The summed E-state index contributed by atoms with van der Waals surface area (Å²) < 4.78 is 13.3. The smallest absolute Gasteiger partial charge is 0.318 e. The van der Waals surface area contributed by atoms with Crippen LogP contribution in [0.3, 0.4) is 0 Å². The number of nitrogens with one attached hydrogen (secondary N) is 1. The Balaban J connectivity index is 1.51. The number of hydrogen-bond acceptors (Lipinski definition) is 3. The van der Waals surface area contributed by atoms with Crippen molar-refractivity contribution in [3.05, 3.63) is 65.2 Å². The highest BCUT2D eigenvalue weighted by atomic mass is 19.1. The molecule has 154 valence electrons. The summed E-state index contributed by atoms with van der Waals surface area (Å²) in [6, 6.07) is 11.4. The highest BCUT2D eigenvalue weighted by Gasteiger charge is 2.54. The molecule has 0 bridgehead atoms. The number of carbonyl (C=O) groups excluding carboxylic acids is 1. The zero-order chi connectivity index (χ0) is 20.4. The van der Waals surface area contributed by atoms with Crippen molar-refractivity contribution in [3.63, 3.8) is 0 Å². The zero-order valence-corrected chi connectivity index (χ0v) is 17.2. The SMILES string of the molecule is Cc1ccc(CNC(=O)N(Cc2ccc(F)cn2)C2CCN(C)CC23CC3)cc1. The first-order valence-electron chi connectivity index (χ1n) is 10.3. The van der Waals surface area contributed by atoms with Gasteiger partial charge < -0.3 is 15.1 Å². The van der Waals surface area contributed by atoms with Crippen LogP contribution in [0.4, 0.5) is 9.18 Å². The molecule has 2 aliphatic rings. The number of piperidine rings is 1. The Morgan fingerprint density at radius 1 is 1.28 bits per heavy atom. The highest BCUT2D eigenvalue weighted by molar-refractivity contribution is 5.74. The Morgan fingerprint density at radius 3 is 2.69 bits per heavy atom. The fourth-order valence-corrected chi connectivity index (χ4v) is 4.49. The molecule has 2 amide bonds. The number of hydrogen-bond donors (Lipinski definition) is 1. The lowest BCUT2D eigenvalue weighted by atomic mass is 9.87. The van der Waals surface area contributed by atoms with E-state index in [1.807, 2.05) is 17.0 Å². The Bertz CT molecular complexity index is 848. The van der Waals surface area contributed by atoms with Crippen molar-refractivity contribution in [1.82, 2.24) is 20.1 Å². The molecule has 1 aliphatic heterocycles. The second kappa shape index (κ2) is 8.11. The van der Waals surface area contributed by atoms with Crippen molar-refractivity contribution in [2.75, 3.05) is 20.1 Å². The van der Waals surface area contributed by atoms with Crippen LogP contribution >= 0.6 is 0 Å². The molecule has 1 saturated carbocycles. The van der Waals surface area contributed by atoms with Gasteiger partial charge in [0.25, 0.3) is 0 Å². The quantitative estimate of drug-likeness (QED) is 0.838. The van der Waals surface area contributed by atoms with Crippen molar-refractivity contribution >= 4 is 6.03 Å². The van der Waals surface area contributed by atoms with Crippen LogP contribution in [0.25, 0.3) is 0 Å². The summed E-state index contributed by atoms with van der Waals surface area (Å²) >= 11 is 0. The largest absolute Gasteiger partial charge is 0.334 e. The topological polar surface area (TPSA) is 48.5 Å². The van der Waals surface area contributed by atoms with Gasteiger partial charge in [0, 0.05) is 24.5 Å². The fraction of sp³-hybridized carbons (Fsp3) is 0.478. The minimum Gasteiger partial charge on any atom is -0.334 e. The monoisotopic (exact) mass is 396 g/mol. The number of benzene rings is 1. The van der Waals surface area contributed by atoms with Crippen LogP contribution in [0.15, 0.2) is 42.6 Å². The van der Waals surface area contributed by atoms with E-state index in [1.54, 1.807) is 6.07 Å². The third kappa shape index (κ3) is 4.58. The van der Waals surface area contributed by atoms with Gasteiger partial charge in [-0.3, -0.25) is 4.98 Å².